The highest BCUT2D eigenvalue weighted by molar-refractivity contribution is 7.10. The minimum Gasteiger partial charge on any atom is -0.352 e. The van der Waals surface area contributed by atoms with Gasteiger partial charge in [-0.3, -0.25) is 9.59 Å². The highest BCUT2D eigenvalue weighted by atomic mass is 32.1. The second-order valence-corrected chi connectivity index (χ2v) is 5.67. The van der Waals surface area contributed by atoms with E-state index in [-0.39, 0.29) is 24.6 Å². The largest absolute Gasteiger partial charge is 0.471 e. The van der Waals surface area contributed by atoms with Gasteiger partial charge in [0, 0.05) is 17.1 Å². The number of hydrogen-bond acceptors (Lipinski definition) is 3. The fraction of sp³-hybridized carbons (Fsp3) is 0.200. The standard InChI is InChI=1S/C15H13F3N2O2S/c16-15(17,18)14(22)20-12-6-2-1-4-10(12)9-19-13(21)8-11-5-3-7-23-11/h1-7H,8-9H2,(H,19,21)(H,20,22). The monoisotopic (exact) mass is 342 g/mol. The summed E-state index contributed by atoms with van der Waals surface area (Å²) in [6.07, 6.45) is -4.76. The normalized spacial score (nSPS) is 11.1. The Kier molecular flexibility index (Phi) is 5.38. The molecule has 0 saturated carbocycles. The highest BCUT2D eigenvalue weighted by Crippen LogP contribution is 2.21. The maximum Gasteiger partial charge on any atom is 0.471 e. The van der Waals surface area contributed by atoms with Crippen LogP contribution in [0.5, 0.6) is 0 Å². The first-order valence-corrected chi connectivity index (χ1v) is 7.49. The van der Waals surface area contributed by atoms with Crippen molar-refractivity contribution in [1.82, 2.24) is 5.32 Å². The average Bonchev–Trinajstić information content (AvgIpc) is 2.98. The number of hydrogen-bond donors (Lipinski definition) is 2. The molecule has 0 radical (unpaired) electrons. The zero-order valence-electron chi connectivity index (χ0n) is 11.8. The molecule has 4 nitrogen and oxygen atoms in total. The second kappa shape index (κ2) is 7.28. The van der Waals surface area contributed by atoms with Gasteiger partial charge in [-0.1, -0.05) is 24.3 Å². The maximum atomic E-state index is 12.3. The number of carbonyl (C=O) groups is 2. The van der Waals surface area contributed by atoms with E-state index in [1.807, 2.05) is 17.5 Å². The number of carbonyl (C=O) groups excluding carboxylic acids is 2. The lowest BCUT2D eigenvalue weighted by molar-refractivity contribution is -0.167. The van der Waals surface area contributed by atoms with E-state index in [2.05, 4.69) is 5.32 Å². The molecule has 0 atom stereocenters. The van der Waals surface area contributed by atoms with Crippen molar-refractivity contribution in [3.8, 4) is 0 Å². The van der Waals surface area contributed by atoms with Crippen LogP contribution in [0.25, 0.3) is 0 Å². The molecule has 1 aromatic heterocycles. The van der Waals surface area contributed by atoms with Gasteiger partial charge in [-0.25, -0.2) is 0 Å². The van der Waals surface area contributed by atoms with Crippen LogP contribution >= 0.6 is 11.3 Å². The van der Waals surface area contributed by atoms with E-state index in [1.54, 1.807) is 11.4 Å². The van der Waals surface area contributed by atoms with E-state index >= 15 is 0 Å². The van der Waals surface area contributed by atoms with Crippen LogP contribution in [0.15, 0.2) is 41.8 Å². The van der Waals surface area contributed by atoms with E-state index in [4.69, 9.17) is 0 Å². The number of nitrogens with one attached hydrogen (secondary N) is 2. The van der Waals surface area contributed by atoms with Gasteiger partial charge in [0.25, 0.3) is 0 Å². The molecule has 0 aliphatic heterocycles. The Morgan fingerprint density at radius 3 is 2.48 bits per heavy atom. The molecule has 0 fully saturated rings. The second-order valence-electron chi connectivity index (χ2n) is 4.64. The van der Waals surface area contributed by atoms with Gasteiger partial charge < -0.3 is 10.6 Å². The molecule has 0 aliphatic carbocycles. The molecule has 2 aromatic rings. The molecule has 0 saturated heterocycles. The molecule has 122 valence electrons. The molecule has 23 heavy (non-hydrogen) atoms. The summed E-state index contributed by atoms with van der Waals surface area (Å²) in [6.45, 7) is 0.0263. The SMILES string of the molecule is O=C(Cc1cccs1)NCc1ccccc1NC(=O)C(F)(F)F. The Labute approximate surface area is 134 Å². The minimum absolute atomic E-state index is 0.0197. The van der Waals surface area contributed by atoms with Crippen molar-refractivity contribution in [3.63, 3.8) is 0 Å². The van der Waals surface area contributed by atoms with E-state index < -0.39 is 12.1 Å². The molecule has 2 rings (SSSR count). The lowest BCUT2D eigenvalue weighted by atomic mass is 10.1. The Balaban J connectivity index is 1.97. The van der Waals surface area contributed by atoms with Gasteiger partial charge in [-0.05, 0) is 23.1 Å². The van der Waals surface area contributed by atoms with Crippen LogP contribution in [0.3, 0.4) is 0 Å². The van der Waals surface area contributed by atoms with Gasteiger partial charge in [0.15, 0.2) is 0 Å². The minimum atomic E-state index is -4.96. The molecule has 8 heteroatoms. The first-order valence-electron chi connectivity index (χ1n) is 6.61. The molecule has 0 aliphatic rings. The number of alkyl halides is 3. The quantitative estimate of drug-likeness (QED) is 0.877. The van der Waals surface area contributed by atoms with Crippen molar-refractivity contribution in [2.24, 2.45) is 0 Å². The number of halogens is 3. The van der Waals surface area contributed by atoms with Crippen LogP contribution in [0.2, 0.25) is 0 Å². The fourth-order valence-electron chi connectivity index (χ4n) is 1.82. The summed E-state index contributed by atoms with van der Waals surface area (Å²) in [6, 6.07) is 9.66. The first-order chi connectivity index (χ1) is 10.9. The van der Waals surface area contributed by atoms with Crippen LogP contribution in [0.1, 0.15) is 10.4 Å². The Bertz CT molecular complexity index is 684. The topological polar surface area (TPSA) is 58.2 Å². The first kappa shape index (κ1) is 17.0. The molecular formula is C15H13F3N2O2S. The molecule has 0 spiro atoms. The third kappa shape index (κ3) is 5.10. The Morgan fingerprint density at radius 1 is 1.09 bits per heavy atom. The predicted molar refractivity (Wildman–Crippen MR) is 81.0 cm³/mol. The van der Waals surface area contributed by atoms with Crippen molar-refractivity contribution < 1.29 is 22.8 Å². The molecule has 2 N–H and O–H groups in total. The number of anilines is 1. The summed E-state index contributed by atoms with van der Waals surface area (Å²) in [5.74, 6) is -2.29. The summed E-state index contributed by atoms with van der Waals surface area (Å²) in [4.78, 5) is 23.7. The molecule has 0 unspecified atom stereocenters. The fourth-order valence-corrected chi connectivity index (χ4v) is 2.52. The predicted octanol–water partition coefficient (Wildman–Crippen LogP) is 3.11. The van der Waals surface area contributed by atoms with Crippen LogP contribution < -0.4 is 10.6 Å². The van der Waals surface area contributed by atoms with Crippen molar-refractivity contribution in [2.45, 2.75) is 19.1 Å². The summed E-state index contributed by atoms with van der Waals surface area (Å²) < 4.78 is 36.9. The number of amides is 2. The van der Waals surface area contributed by atoms with Crippen LogP contribution in [0, 0.1) is 0 Å². The summed E-state index contributed by atoms with van der Waals surface area (Å²) >= 11 is 1.44. The van der Waals surface area contributed by atoms with Gasteiger partial charge in [0.05, 0.1) is 6.42 Å². The van der Waals surface area contributed by atoms with Gasteiger partial charge in [-0.15, -0.1) is 11.3 Å². The van der Waals surface area contributed by atoms with E-state index in [0.717, 1.165) is 4.88 Å². The van der Waals surface area contributed by atoms with Gasteiger partial charge in [0.1, 0.15) is 0 Å². The molecule has 0 bridgehead atoms. The van der Waals surface area contributed by atoms with Crippen LogP contribution in [0.4, 0.5) is 18.9 Å². The third-order valence-corrected chi connectivity index (χ3v) is 3.79. The molecule has 1 heterocycles. The zero-order chi connectivity index (χ0) is 16.9. The number of benzene rings is 1. The highest BCUT2D eigenvalue weighted by Gasteiger charge is 2.38. The molecular weight excluding hydrogens is 329 g/mol. The Morgan fingerprint density at radius 2 is 1.83 bits per heavy atom. The molecule has 2 amide bonds. The van der Waals surface area contributed by atoms with Gasteiger partial charge >= 0.3 is 12.1 Å². The summed E-state index contributed by atoms with van der Waals surface area (Å²) in [7, 11) is 0. The third-order valence-electron chi connectivity index (χ3n) is 2.91. The maximum absolute atomic E-state index is 12.3. The smallest absolute Gasteiger partial charge is 0.352 e. The van der Waals surface area contributed by atoms with Crippen molar-refractivity contribution >= 4 is 28.8 Å². The van der Waals surface area contributed by atoms with Crippen molar-refractivity contribution in [2.75, 3.05) is 5.32 Å². The number of rotatable bonds is 5. The lowest BCUT2D eigenvalue weighted by Gasteiger charge is -2.13. The van der Waals surface area contributed by atoms with Gasteiger partial charge in [-0.2, -0.15) is 13.2 Å². The summed E-state index contributed by atoms with van der Waals surface area (Å²) in [5.41, 5.74) is 0.413. The van der Waals surface area contributed by atoms with Crippen molar-refractivity contribution in [1.29, 1.82) is 0 Å². The summed E-state index contributed by atoms with van der Waals surface area (Å²) in [5, 5.41) is 6.28. The van der Waals surface area contributed by atoms with E-state index in [0.29, 0.717) is 5.56 Å². The number of thiophene rings is 1. The number of para-hydroxylation sites is 1. The van der Waals surface area contributed by atoms with Crippen LogP contribution in [-0.2, 0) is 22.6 Å². The van der Waals surface area contributed by atoms with E-state index in [9.17, 15) is 22.8 Å². The molecule has 1 aromatic carbocycles. The zero-order valence-corrected chi connectivity index (χ0v) is 12.6. The van der Waals surface area contributed by atoms with Crippen molar-refractivity contribution in [3.05, 3.63) is 52.2 Å². The van der Waals surface area contributed by atoms with Crippen LogP contribution in [-0.4, -0.2) is 18.0 Å². The van der Waals surface area contributed by atoms with Gasteiger partial charge in [0.2, 0.25) is 5.91 Å². The van der Waals surface area contributed by atoms with E-state index in [1.165, 1.54) is 29.5 Å². The average molecular weight is 342 g/mol. The lowest BCUT2D eigenvalue weighted by Crippen LogP contribution is -2.31. The Hall–Kier alpha value is -2.35.